The molecular weight excluding hydrogens is 1020 g/mol. The average molecular weight is 1050 g/mol. The molecule has 0 amide bonds. The fourth-order valence-electron chi connectivity index (χ4n) is 7.39. The number of hydrogen-bond acceptors (Lipinski definition) is 0. The van der Waals surface area contributed by atoms with Crippen LogP contribution >= 0.6 is 0 Å². The van der Waals surface area contributed by atoms with E-state index in [0.717, 1.165) is 0 Å². The zero-order valence-electron chi connectivity index (χ0n) is 32.6. The molecule has 0 unspecified atom stereocenters. The van der Waals surface area contributed by atoms with Crippen LogP contribution in [-0.2, 0) is 6.42 Å². The fraction of sp³-hybridized carbons (Fsp3) is 0.286. The normalized spacial score (nSPS) is 11.7. The van der Waals surface area contributed by atoms with E-state index in [9.17, 15) is 52.7 Å². The van der Waals surface area contributed by atoms with E-state index >= 15 is 35.1 Å². The van der Waals surface area contributed by atoms with E-state index in [1.807, 2.05) is 0 Å². The Bertz CT molecular complexity index is 2150. The Kier molecular flexibility index (Phi) is 17.6. The molecule has 22 heteroatoms. The molecule has 0 spiro atoms. The van der Waals surface area contributed by atoms with Crippen LogP contribution in [0.5, 0.6) is 0 Å². The van der Waals surface area contributed by atoms with Crippen LogP contribution in [0, 0.1) is 120 Å². The first-order valence-corrected chi connectivity index (χ1v) is 20.2. The van der Waals surface area contributed by atoms with Gasteiger partial charge in [-0.05, 0) is 18.9 Å². The van der Waals surface area contributed by atoms with Gasteiger partial charge < -0.3 is 0 Å². The minimum absolute atomic E-state index is 1.27. The maximum Gasteiger partial charge on any atom is 0.297 e. The molecule has 0 aliphatic carbocycles. The second kappa shape index (κ2) is 21.7. The molecule has 0 bridgehead atoms. The molecule has 0 saturated carbocycles. The molecule has 0 aliphatic rings. The Balaban J connectivity index is 0.000000395. The lowest BCUT2D eigenvalue weighted by Crippen LogP contribution is -3.34. The van der Waals surface area contributed by atoms with Crippen LogP contribution in [0.1, 0.15) is 76.7 Å². The van der Waals surface area contributed by atoms with Gasteiger partial charge in [-0.2, -0.15) is 0 Å². The Hall–Kier alpha value is -4.51. The van der Waals surface area contributed by atoms with Crippen molar-refractivity contribution in [3.8, 4) is 0 Å². The SMILES string of the molecule is CCCCCCCCCCCCc1ccccc1[IH+].Fc1c(F)c(F)c([B-](c2c(F)c(F)c(F)c(F)c2F)(c2c(F)c(F)c(F)c(F)c2F)c2c(F)c(F)c(F)c(F)c2F)c(F)c1F. The molecule has 0 radical (unpaired) electrons. The van der Waals surface area contributed by atoms with Crippen LogP contribution in [0.25, 0.3) is 0 Å². The molecular formula is C42H30BF20I. The number of hydrogen-bond donors (Lipinski definition) is 0. The van der Waals surface area contributed by atoms with Gasteiger partial charge in [0.2, 0.25) is 0 Å². The lowest BCUT2D eigenvalue weighted by atomic mass is 9.12. The Morgan fingerprint density at radius 3 is 0.781 bits per heavy atom. The smallest absolute Gasteiger partial charge is 0.207 e. The van der Waals surface area contributed by atoms with Crippen molar-refractivity contribution in [3.63, 3.8) is 0 Å². The molecule has 0 heterocycles. The lowest BCUT2D eigenvalue weighted by Gasteiger charge is -2.44. The minimum atomic E-state index is -7.22. The summed E-state index contributed by atoms with van der Waals surface area (Å²) in [4.78, 5) is 0. The van der Waals surface area contributed by atoms with Gasteiger partial charge in [0.25, 0.3) is 22.6 Å². The van der Waals surface area contributed by atoms with Crippen molar-refractivity contribution in [2.45, 2.75) is 77.6 Å². The molecule has 64 heavy (non-hydrogen) atoms. The molecule has 5 aromatic rings. The Morgan fingerprint density at radius 1 is 0.312 bits per heavy atom. The van der Waals surface area contributed by atoms with E-state index in [1.54, 1.807) is 5.56 Å². The van der Waals surface area contributed by atoms with E-state index in [-0.39, 0.29) is 0 Å². The van der Waals surface area contributed by atoms with E-state index in [2.05, 4.69) is 53.8 Å². The van der Waals surface area contributed by atoms with Crippen LogP contribution < -0.4 is 44.4 Å². The predicted molar refractivity (Wildman–Crippen MR) is 191 cm³/mol. The largest absolute Gasteiger partial charge is 0.297 e. The van der Waals surface area contributed by atoms with Gasteiger partial charge in [0.1, 0.15) is 52.7 Å². The van der Waals surface area contributed by atoms with Gasteiger partial charge in [-0.25, -0.2) is 87.8 Å². The van der Waals surface area contributed by atoms with E-state index < -0.39 is 144 Å². The first-order valence-electron chi connectivity index (χ1n) is 19.0. The van der Waals surface area contributed by atoms with Gasteiger partial charge >= 0.3 is 0 Å². The molecule has 348 valence electrons. The second-order valence-corrected chi connectivity index (χ2v) is 15.6. The number of benzene rings is 5. The van der Waals surface area contributed by atoms with Gasteiger partial charge in [-0.15, -0.1) is 21.9 Å². The van der Waals surface area contributed by atoms with Crippen molar-refractivity contribution in [1.82, 2.24) is 0 Å². The maximum atomic E-state index is 15.4. The highest BCUT2D eigenvalue weighted by Crippen LogP contribution is 2.31. The Morgan fingerprint density at radius 2 is 0.531 bits per heavy atom. The highest BCUT2D eigenvalue weighted by Gasteiger charge is 2.52. The van der Waals surface area contributed by atoms with Gasteiger partial charge in [0, 0.05) is 5.56 Å². The predicted octanol–water partition coefficient (Wildman–Crippen LogP) is 8.45. The van der Waals surface area contributed by atoms with Crippen LogP contribution in [0.4, 0.5) is 87.8 Å². The molecule has 0 saturated heterocycles. The number of unbranched alkanes of at least 4 members (excludes halogenated alkanes) is 9. The van der Waals surface area contributed by atoms with Gasteiger partial charge in [0.05, 0.1) is 0 Å². The van der Waals surface area contributed by atoms with Gasteiger partial charge in [-0.3, -0.25) is 0 Å². The van der Waals surface area contributed by atoms with Crippen molar-refractivity contribution in [2.24, 2.45) is 0 Å². The van der Waals surface area contributed by atoms with Crippen molar-refractivity contribution >= 4 is 28.0 Å². The molecule has 0 atom stereocenters. The average Bonchev–Trinajstić information content (AvgIpc) is 3.27. The van der Waals surface area contributed by atoms with Crippen LogP contribution in [0.3, 0.4) is 0 Å². The summed E-state index contributed by atoms with van der Waals surface area (Å²) in [5.74, 6) is -71.4. The summed E-state index contributed by atoms with van der Waals surface area (Å²) in [5, 5.41) is 0. The maximum absolute atomic E-state index is 15.4. The third-order valence-corrected chi connectivity index (χ3v) is 11.6. The monoisotopic (exact) mass is 1050 g/mol. The van der Waals surface area contributed by atoms with E-state index in [4.69, 9.17) is 0 Å². The molecule has 5 aromatic carbocycles. The molecule has 5 rings (SSSR count). The van der Waals surface area contributed by atoms with Gasteiger partial charge in [-0.1, -0.05) is 82.9 Å². The lowest BCUT2D eigenvalue weighted by molar-refractivity contribution is -0.329. The van der Waals surface area contributed by atoms with Crippen molar-refractivity contribution < 1.29 is 110 Å². The quantitative estimate of drug-likeness (QED) is 0.0247. The molecule has 0 N–H and O–H groups in total. The molecule has 0 aliphatic heterocycles. The first kappa shape index (κ1) is 52.1. The van der Waals surface area contributed by atoms with Crippen molar-refractivity contribution in [1.29, 1.82) is 0 Å². The molecule has 0 nitrogen and oxygen atoms in total. The topological polar surface area (TPSA) is 0 Å². The number of halogens is 21. The summed E-state index contributed by atoms with van der Waals surface area (Å²) in [6, 6.07) is 8.82. The van der Waals surface area contributed by atoms with E-state index in [0.29, 0.717) is 0 Å². The second-order valence-electron chi connectivity index (χ2n) is 14.3. The van der Waals surface area contributed by atoms with Crippen LogP contribution in [-0.4, -0.2) is 6.15 Å². The zero-order chi connectivity index (χ0) is 48.1. The minimum Gasteiger partial charge on any atom is -0.207 e. The highest BCUT2D eigenvalue weighted by atomic mass is 127. The van der Waals surface area contributed by atoms with Crippen molar-refractivity contribution in [2.75, 3.05) is 0 Å². The number of aryl methyl sites for hydroxylation is 1. The Labute approximate surface area is 364 Å². The number of rotatable bonds is 15. The summed E-state index contributed by atoms with van der Waals surface area (Å²) < 4.78 is 295. The highest BCUT2D eigenvalue weighted by molar-refractivity contribution is 7.20. The summed E-state index contributed by atoms with van der Waals surface area (Å²) in [6.45, 7) is 2.29. The van der Waals surface area contributed by atoms with Crippen molar-refractivity contribution in [3.05, 3.63) is 150 Å². The summed E-state index contributed by atoms with van der Waals surface area (Å²) in [6.07, 6.45) is 8.30. The zero-order valence-corrected chi connectivity index (χ0v) is 35.0. The molecule has 0 fully saturated rings. The third-order valence-electron chi connectivity index (χ3n) is 10.5. The van der Waals surface area contributed by atoms with Crippen LogP contribution in [0.15, 0.2) is 24.3 Å². The third kappa shape index (κ3) is 9.57. The van der Waals surface area contributed by atoms with E-state index in [1.165, 1.54) is 74.2 Å². The fourth-order valence-corrected chi connectivity index (χ4v) is 8.10. The standard InChI is InChI=1S/C24BF20.C18H30I/c26-5-1(6(27)14(35)21(42)13(5)34)25(2-7(28)15(36)22(43)16(37)8(2)29,3-9(30)17(38)23(44)18(39)10(3)31)4-11(32)19(40)24(45)20(41)12(4)33;1-2-3-4-5-6-7-8-9-10-11-14-17-15-12-13-16-18(17)19/h;12-13,15-16,19H,2-11,14H2,1H3/q-1;+1. The van der Waals surface area contributed by atoms with Gasteiger partial charge in [0.15, 0.2) is 73.4 Å². The summed E-state index contributed by atoms with van der Waals surface area (Å²) in [5.41, 5.74) is -12.8. The first-order chi connectivity index (χ1) is 30.0. The summed E-state index contributed by atoms with van der Waals surface area (Å²) in [7, 11) is 0. The summed E-state index contributed by atoms with van der Waals surface area (Å²) >= 11 is 2.15. The van der Waals surface area contributed by atoms with Crippen LogP contribution in [0.2, 0.25) is 0 Å². The molecule has 0 aromatic heterocycles.